The van der Waals surface area contributed by atoms with Crippen LogP contribution in [-0.4, -0.2) is 27.1 Å². The van der Waals surface area contributed by atoms with Crippen molar-refractivity contribution < 1.29 is 17.9 Å². The molecule has 4 nitrogen and oxygen atoms in total. The van der Waals surface area contributed by atoms with Gasteiger partial charge in [0.1, 0.15) is 15.7 Å². The SMILES string of the molecule is COc1ccc(C(=O)CS(=O)(=O)c2cccs2)cc1Cl. The average molecular weight is 331 g/mol. The highest BCUT2D eigenvalue weighted by atomic mass is 35.5. The predicted molar refractivity (Wildman–Crippen MR) is 78.7 cm³/mol. The maximum Gasteiger partial charge on any atom is 0.195 e. The summed E-state index contributed by atoms with van der Waals surface area (Å²) < 4.78 is 29.2. The Labute approximate surface area is 125 Å². The first-order valence-electron chi connectivity index (χ1n) is 5.57. The number of ketones is 1. The molecule has 2 aromatic rings. The van der Waals surface area contributed by atoms with Gasteiger partial charge < -0.3 is 4.74 Å². The third kappa shape index (κ3) is 3.20. The number of halogens is 1. The summed E-state index contributed by atoms with van der Waals surface area (Å²) in [5.74, 6) is -0.636. The van der Waals surface area contributed by atoms with E-state index < -0.39 is 21.4 Å². The Morgan fingerprint density at radius 2 is 2.10 bits per heavy atom. The molecule has 7 heteroatoms. The Balaban J connectivity index is 2.23. The quantitative estimate of drug-likeness (QED) is 0.790. The van der Waals surface area contributed by atoms with E-state index in [1.807, 2.05) is 0 Å². The summed E-state index contributed by atoms with van der Waals surface area (Å²) in [6, 6.07) is 7.55. The highest BCUT2D eigenvalue weighted by Crippen LogP contribution is 2.26. The fourth-order valence-electron chi connectivity index (χ4n) is 1.61. The van der Waals surface area contributed by atoms with Gasteiger partial charge in [-0.3, -0.25) is 4.79 Å². The summed E-state index contributed by atoms with van der Waals surface area (Å²) in [7, 11) is -2.14. The number of sulfone groups is 1. The van der Waals surface area contributed by atoms with E-state index in [1.54, 1.807) is 11.4 Å². The second-order valence-corrected chi connectivity index (χ2v) is 7.53. The summed E-state index contributed by atoms with van der Waals surface area (Å²) >= 11 is 7.01. The lowest BCUT2D eigenvalue weighted by molar-refractivity contribution is 0.102. The van der Waals surface area contributed by atoms with Crippen LogP contribution in [0.3, 0.4) is 0 Å². The van der Waals surface area contributed by atoms with Crippen molar-refractivity contribution in [1.82, 2.24) is 0 Å². The molecule has 0 aliphatic carbocycles. The van der Waals surface area contributed by atoms with Crippen molar-refractivity contribution in [2.24, 2.45) is 0 Å². The molecule has 0 radical (unpaired) electrons. The Morgan fingerprint density at radius 1 is 1.35 bits per heavy atom. The Hall–Kier alpha value is -1.37. The van der Waals surface area contributed by atoms with E-state index in [9.17, 15) is 13.2 Å². The van der Waals surface area contributed by atoms with Crippen LogP contribution in [0.4, 0.5) is 0 Å². The van der Waals surface area contributed by atoms with Crippen LogP contribution in [-0.2, 0) is 9.84 Å². The Morgan fingerprint density at radius 3 is 2.65 bits per heavy atom. The first kappa shape index (κ1) is 15.0. The van der Waals surface area contributed by atoms with Crippen LogP contribution in [0.2, 0.25) is 5.02 Å². The van der Waals surface area contributed by atoms with Crippen molar-refractivity contribution in [2.45, 2.75) is 4.21 Å². The zero-order valence-electron chi connectivity index (χ0n) is 10.5. The number of thiophene rings is 1. The predicted octanol–water partition coefficient (Wildman–Crippen LogP) is 3.07. The number of benzene rings is 1. The molecule has 0 saturated heterocycles. The van der Waals surface area contributed by atoms with E-state index >= 15 is 0 Å². The van der Waals surface area contributed by atoms with Crippen LogP contribution >= 0.6 is 22.9 Å². The van der Waals surface area contributed by atoms with Gasteiger partial charge in [-0.2, -0.15) is 0 Å². The maximum atomic E-state index is 12.0. The van der Waals surface area contributed by atoms with Crippen LogP contribution in [0.1, 0.15) is 10.4 Å². The van der Waals surface area contributed by atoms with E-state index in [2.05, 4.69) is 0 Å². The van der Waals surface area contributed by atoms with Gasteiger partial charge in [-0.25, -0.2) is 8.42 Å². The van der Waals surface area contributed by atoms with Gasteiger partial charge >= 0.3 is 0 Å². The highest BCUT2D eigenvalue weighted by molar-refractivity contribution is 7.94. The standard InChI is InChI=1S/C13H11ClO4S2/c1-18-12-5-4-9(7-10(12)14)11(15)8-20(16,17)13-3-2-6-19-13/h2-7H,8H2,1H3. The van der Waals surface area contributed by atoms with Crippen molar-refractivity contribution in [2.75, 3.05) is 12.9 Å². The molecule has 0 spiro atoms. The van der Waals surface area contributed by atoms with Gasteiger partial charge in [0.25, 0.3) is 0 Å². The molecule has 0 atom stereocenters. The number of carbonyl (C=O) groups excluding carboxylic acids is 1. The van der Waals surface area contributed by atoms with Crippen LogP contribution < -0.4 is 4.74 Å². The molecule has 0 unspecified atom stereocenters. The lowest BCUT2D eigenvalue weighted by atomic mass is 10.1. The molecule has 0 fully saturated rings. The zero-order chi connectivity index (χ0) is 14.8. The number of carbonyl (C=O) groups is 1. The van der Waals surface area contributed by atoms with Crippen molar-refractivity contribution in [3.8, 4) is 5.75 Å². The summed E-state index contributed by atoms with van der Waals surface area (Å²) in [5, 5.41) is 1.92. The molecule has 20 heavy (non-hydrogen) atoms. The molecular formula is C13H11ClO4S2. The van der Waals surface area contributed by atoms with Crippen molar-refractivity contribution in [3.05, 3.63) is 46.3 Å². The molecule has 1 heterocycles. The Bertz CT molecular complexity index is 721. The van der Waals surface area contributed by atoms with E-state index in [4.69, 9.17) is 16.3 Å². The van der Waals surface area contributed by atoms with Crippen molar-refractivity contribution >= 4 is 38.6 Å². The fraction of sp³-hybridized carbons (Fsp3) is 0.154. The minimum Gasteiger partial charge on any atom is -0.495 e. The summed E-state index contributed by atoms with van der Waals surface area (Å²) in [5.41, 5.74) is 0.246. The largest absolute Gasteiger partial charge is 0.495 e. The van der Waals surface area contributed by atoms with Crippen LogP contribution in [0.15, 0.2) is 39.9 Å². The minimum atomic E-state index is -3.60. The van der Waals surface area contributed by atoms with Gasteiger partial charge in [0.05, 0.1) is 12.1 Å². The van der Waals surface area contributed by atoms with Crippen LogP contribution in [0, 0.1) is 0 Å². The molecule has 106 valence electrons. The molecule has 0 aliphatic rings. The molecule has 2 rings (SSSR count). The lowest BCUT2D eigenvalue weighted by Gasteiger charge is -2.05. The first-order valence-corrected chi connectivity index (χ1v) is 8.48. The third-order valence-electron chi connectivity index (χ3n) is 2.60. The number of rotatable bonds is 5. The second-order valence-electron chi connectivity index (χ2n) is 3.96. The Kier molecular flexibility index (Phi) is 4.47. The summed E-state index contributed by atoms with van der Waals surface area (Å²) in [6.07, 6.45) is 0. The van der Waals surface area contributed by atoms with Gasteiger partial charge in [0.15, 0.2) is 15.6 Å². The van der Waals surface area contributed by atoms with Crippen molar-refractivity contribution in [1.29, 1.82) is 0 Å². The van der Waals surface area contributed by atoms with E-state index in [0.29, 0.717) is 5.75 Å². The maximum absolute atomic E-state index is 12.0. The molecule has 0 aliphatic heterocycles. The van der Waals surface area contributed by atoms with Gasteiger partial charge in [-0.1, -0.05) is 17.7 Å². The number of methoxy groups -OCH3 is 1. The molecule has 1 aromatic heterocycles. The summed E-state index contributed by atoms with van der Waals surface area (Å²) in [6.45, 7) is 0. The number of ether oxygens (including phenoxy) is 1. The lowest BCUT2D eigenvalue weighted by Crippen LogP contribution is -2.15. The van der Waals surface area contributed by atoms with Crippen LogP contribution in [0.5, 0.6) is 5.75 Å². The topological polar surface area (TPSA) is 60.4 Å². The van der Waals surface area contributed by atoms with E-state index in [1.165, 1.54) is 31.4 Å². The third-order valence-corrected chi connectivity index (χ3v) is 6.00. The minimum absolute atomic E-state index is 0.186. The molecular weight excluding hydrogens is 320 g/mol. The highest BCUT2D eigenvalue weighted by Gasteiger charge is 2.21. The number of hydrogen-bond acceptors (Lipinski definition) is 5. The zero-order valence-corrected chi connectivity index (χ0v) is 12.9. The van der Waals surface area contributed by atoms with Gasteiger partial charge in [-0.05, 0) is 29.6 Å². The van der Waals surface area contributed by atoms with Crippen molar-refractivity contribution in [3.63, 3.8) is 0 Å². The van der Waals surface area contributed by atoms with E-state index in [-0.39, 0.29) is 14.8 Å². The molecule has 0 saturated carbocycles. The van der Waals surface area contributed by atoms with E-state index in [0.717, 1.165) is 11.3 Å². The molecule has 1 aromatic carbocycles. The summed E-state index contributed by atoms with van der Waals surface area (Å²) in [4.78, 5) is 12.0. The number of hydrogen-bond donors (Lipinski definition) is 0. The monoisotopic (exact) mass is 330 g/mol. The number of Topliss-reactive ketones (excluding diaryl/α,β-unsaturated/α-hetero) is 1. The molecule has 0 amide bonds. The second kappa shape index (κ2) is 5.95. The van der Waals surface area contributed by atoms with Gasteiger partial charge in [-0.15, -0.1) is 11.3 Å². The average Bonchev–Trinajstić information content (AvgIpc) is 2.92. The van der Waals surface area contributed by atoms with Crippen LogP contribution in [0.25, 0.3) is 0 Å². The van der Waals surface area contributed by atoms with Gasteiger partial charge in [0.2, 0.25) is 0 Å². The molecule has 0 bridgehead atoms. The first-order chi connectivity index (χ1) is 9.44. The smallest absolute Gasteiger partial charge is 0.195 e. The fourth-order valence-corrected chi connectivity index (χ4v) is 4.18. The molecule has 0 N–H and O–H groups in total. The van der Waals surface area contributed by atoms with Gasteiger partial charge in [0, 0.05) is 5.56 Å². The normalized spacial score (nSPS) is 11.3.